The molecule has 1 amide bonds. The lowest BCUT2D eigenvalue weighted by Crippen LogP contribution is -2.22. The van der Waals surface area contributed by atoms with Crippen molar-refractivity contribution in [1.29, 1.82) is 0 Å². The number of nitrogens with one attached hydrogen (secondary N) is 1. The zero-order valence-electron chi connectivity index (χ0n) is 10.4. The molecule has 0 saturated heterocycles. The Hall–Kier alpha value is -0.940. The third kappa shape index (κ3) is 3.09. The van der Waals surface area contributed by atoms with E-state index in [1.807, 2.05) is 19.1 Å². The molecule has 1 N–H and O–H groups in total. The number of amides is 1. The molecule has 3 nitrogen and oxygen atoms in total. The number of thiazole rings is 1. The minimum absolute atomic E-state index is 0.0207. The van der Waals surface area contributed by atoms with Crippen molar-refractivity contribution in [2.24, 2.45) is 0 Å². The number of anilines is 1. The third-order valence-corrected chi connectivity index (χ3v) is 4.41. The summed E-state index contributed by atoms with van der Waals surface area (Å²) in [4.78, 5) is 16.1. The van der Waals surface area contributed by atoms with Gasteiger partial charge in [-0.1, -0.05) is 46.7 Å². The van der Waals surface area contributed by atoms with Crippen molar-refractivity contribution in [1.82, 2.24) is 4.98 Å². The van der Waals surface area contributed by atoms with Gasteiger partial charge in [0.2, 0.25) is 5.91 Å². The number of carbonyl (C=O) groups excluding carboxylic acids is 1. The summed E-state index contributed by atoms with van der Waals surface area (Å²) in [6.07, 6.45) is 1.80. The average molecular weight is 327 g/mol. The van der Waals surface area contributed by atoms with E-state index < -0.39 is 0 Å². The fourth-order valence-corrected chi connectivity index (χ4v) is 3.19. The van der Waals surface area contributed by atoms with Gasteiger partial charge in [-0.05, 0) is 31.0 Å². The molecule has 96 valence electrons. The van der Waals surface area contributed by atoms with E-state index in [1.165, 1.54) is 16.9 Å². The van der Waals surface area contributed by atoms with Crippen LogP contribution in [0.1, 0.15) is 25.3 Å². The largest absolute Gasteiger partial charge is 0.301 e. The van der Waals surface area contributed by atoms with Crippen LogP contribution in [0.15, 0.2) is 18.2 Å². The molecular formula is C13H15BrN2OS. The molecule has 0 aliphatic heterocycles. The van der Waals surface area contributed by atoms with Crippen LogP contribution in [0.25, 0.3) is 10.2 Å². The van der Waals surface area contributed by atoms with Crippen molar-refractivity contribution in [3.05, 3.63) is 23.8 Å². The third-order valence-electron chi connectivity index (χ3n) is 2.60. The van der Waals surface area contributed by atoms with Crippen molar-refractivity contribution < 1.29 is 4.79 Å². The van der Waals surface area contributed by atoms with Crippen LogP contribution in [0, 0.1) is 6.92 Å². The van der Waals surface area contributed by atoms with Crippen molar-refractivity contribution in [3.8, 4) is 0 Å². The molecule has 1 aromatic carbocycles. The molecule has 0 bridgehead atoms. The summed E-state index contributed by atoms with van der Waals surface area (Å²) >= 11 is 4.89. The number of carbonyl (C=O) groups is 1. The molecule has 1 aromatic heterocycles. The number of nitrogens with zero attached hydrogens (tertiary/aromatic N) is 1. The van der Waals surface area contributed by atoms with E-state index in [4.69, 9.17) is 0 Å². The topological polar surface area (TPSA) is 42.0 Å². The maximum Gasteiger partial charge on any atom is 0.239 e. The van der Waals surface area contributed by atoms with Crippen LogP contribution in [-0.2, 0) is 4.79 Å². The molecule has 0 spiro atoms. The monoisotopic (exact) mass is 326 g/mol. The molecule has 1 heterocycles. The van der Waals surface area contributed by atoms with Gasteiger partial charge in [-0.3, -0.25) is 4.79 Å². The minimum Gasteiger partial charge on any atom is -0.301 e. The number of aryl methyl sites for hydroxylation is 1. The fourth-order valence-electron chi connectivity index (χ4n) is 1.65. The van der Waals surface area contributed by atoms with E-state index in [1.54, 1.807) is 0 Å². The normalized spacial score (nSPS) is 12.6. The molecule has 0 saturated carbocycles. The van der Waals surface area contributed by atoms with E-state index in [0.717, 1.165) is 23.1 Å². The number of aromatic nitrogens is 1. The maximum atomic E-state index is 11.9. The van der Waals surface area contributed by atoms with Crippen molar-refractivity contribution >= 4 is 48.5 Å². The van der Waals surface area contributed by atoms with Gasteiger partial charge in [0, 0.05) is 0 Å². The Morgan fingerprint density at radius 2 is 2.33 bits per heavy atom. The second-order valence-corrected chi connectivity index (χ2v) is 6.37. The molecule has 18 heavy (non-hydrogen) atoms. The number of benzene rings is 1. The van der Waals surface area contributed by atoms with Gasteiger partial charge in [0.1, 0.15) is 0 Å². The first-order valence-electron chi connectivity index (χ1n) is 5.92. The summed E-state index contributed by atoms with van der Waals surface area (Å²) < 4.78 is 1.10. The van der Waals surface area contributed by atoms with Crippen LogP contribution in [0.5, 0.6) is 0 Å². The Morgan fingerprint density at radius 1 is 1.56 bits per heavy atom. The highest BCUT2D eigenvalue weighted by molar-refractivity contribution is 9.10. The van der Waals surface area contributed by atoms with Crippen LogP contribution in [0.2, 0.25) is 0 Å². The van der Waals surface area contributed by atoms with Gasteiger partial charge in [0.05, 0.1) is 15.0 Å². The first-order chi connectivity index (χ1) is 8.60. The molecule has 1 atom stereocenters. The van der Waals surface area contributed by atoms with E-state index in [2.05, 4.69) is 39.2 Å². The van der Waals surface area contributed by atoms with Crippen LogP contribution in [-0.4, -0.2) is 15.7 Å². The second kappa shape index (κ2) is 5.80. The van der Waals surface area contributed by atoms with E-state index >= 15 is 0 Å². The Morgan fingerprint density at radius 3 is 3.06 bits per heavy atom. The van der Waals surface area contributed by atoms with Gasteiger partial charge in [-0.15, -0.1) is 0 Å². The first kappa shape index (κ1) is 13.5. The van der Waals surface area contributed by atoms with Gasteiger partial charge in [-0.25, -0.2) is 4.98 Å². The van der Waals surface area contributed by atoms with Crippen LogP contribution >= 0.6 is 27.3 Å². The SMILES string of the molecule is CCC[C@H](Br)C(=O)Nc1nc2ccc(C)cc2s1. The minimum atomic E-state index is -0.142. The van der Waals surface area contributed by atoms with Crippen LogP contribution in [0.3, 0.4) is 0 Å². The molecule has 0 aliphatic rings. The highest BCUT2D eigenvalue weighted by Crippen LogP contribution is 2.27. The summed E-state index contributed by atoms with van der Waals surface area (Å²) in [6.45, 7) is 4.11. The van der Waals surface area contributed by atoms with Gasteiger partial charge in [-0.2, -0.15) is 0 Å². The van der Waals surface area contributed by atoms with E-state index in [9.17, 15) is 4.79 Å². The van der Waals surface area contributed by atoms with Gasteiger partial charge in [0.25, 0.3) is 0 Å². The Kier molecular flexibility index (Phi) is 4.35. The van der Waals surface area contributed by atoms with Crippen molar-refractivity contribution in [2.45, 2.75) is 31.5 Å². The van der Waals surface area contributed by atoms with Gasteiger partial charge < -0.3 is 5.32 Å². The van der Waals surface area contributed by atoms with Crippen molar-refractivity contribution in [3.63, 3.8) is 0 Å². The molecule has 0 unspecified atom stereocenters. The smallest absolute Gasteiger partial charge is 0.239 e. The Bertz CT molecular complexity index is 567. The zero-order chi connectivity index (χ0) is 13.1. The summed E-state index contributed by atoms with van der Waals surface area (Å²) in [6, 6.07) is 6.09. The first-order valence-corrected chi connectivity index (χ1v) is 7.65. The number of alkyl halides is 1. The number of hydrogen-bond acceptors (Lipinski definition) is 3. The quantitative estimate of drug-likeness (QED) is 0.859. The lowest BCUT2D eigenvalue weighted by Gasteiger charge is -2.06. The molecule has 0 radical (unpaired) electrons. The number of rotatable bonds is 4. The van der Waals surface area contributed by atoms with Gasteiger partial charge >= 0.3 is 0 Å². The van der Waals surface area contributed by atoms with Gasteiger partial charge in [0.15, 0.2) is 5.13 Å². The number of halogens is 1. The van der Waals surface area contributed by atoms with Crippen LogP contribution < -0.4 is 5.32 Å². The molecule has 5 heteroatoms. The number of fused-ring (bicyclic) bond motifs is 1. The fraction of sp³-hybridized carbons (Fsp3) is 0.385. The highest BCUT2D eigenvalue weighted by atomic mass is 79.9. The second-order valence-electron chi connectivity index (χ2n) is 4.24. The maximum absolute atomic E-state index is 11.9. The summed E-state index contributed by atoms with van der Waals surface area (Å²) in [5.74, 6) is -0.0207. The molecule has 2 rings (SSSR count). The lowest BCUT2D eigenvalue weighted by molar-refractivity contribution is -0.115. The number of hydrogen-bond donors (Lipinski definition) is 1. The lowest BCUT2D eigenvalue weighted by atomic mass is 10.2. The molecule has 0 fully saturated rings. The summed E-state index contributed by atoms with van der Waals surface area (Å²) in [5, 5.41) is 3.52. The van der Waals surface area contributed by atoms with Crippen LogP contribution in [0.4, 0.5) is 5.13 Å². The van der Waals surface area contributed by atoms with E-state index in [-0.39, 0.29) is 10.7 Å². The predicted molar refractivity (Wildman–Crippen MR) is 80.6 cm³/mol. The molecule has 0 aliphatic carbocycles. The van der Waals surface area contributed by atoms with Crippen molar-refractivity contribution in [2.75, 3.05) is 5.32 Å². The predicted octanol–water partition coefficient (Wildman–Crippen LogP) is 4.11. The molecule has 2 aromatic rings. The Labute approximate surface area is 119 Å². The zero-order valence-corrected chi connectivity index (χ0v) is 12.8. The standard InChI is InChI=1S/C13H15BrN2OS/c1-3-4-9(14)12(17)16-13-15-10-6-5-8(2)7-11(10)18-13/h5-7,9H,3-4H2,1-2H3,(H,15,16,17)/t9-/m0/s1. The Balaban J connectivity index is 2.14. The molecular weight excluding hydrogens is 312 g/mol. The highest BCUT2D eigenvalue weighted by Gasteiger charge is 2.15. The van der Waals surface area contributed by atoms with E-state index in [0.29, 0.717) is 5.13 Å². The summed E-state index contributed by atoms with van der Waals surface area (Å²) in [5.41, 5.74) is 2.14. The average Bonchev–Trinajstić information content (AvgIpc) is 2.70. The summed E-state index contributed by atoms with van der Waals surface area (Å²) in [7, 11) is 0.